The molecule has 1 aliphatic heterocycles. The van der Waals surface area contributed by atoms with Crippen molar-refractivity contribution in [3.8, 4) is 0 Å². The van der Waals surface area contributed by atoms with Gasteiger partial charge in [-0.3, -0.25) is 9.48 Å². The molecule has 0 saturated carbocycles. The van der Waals surface area contributed by atoms with E-state index in [1.54, 1.807) is 23.1 Å². The lowest BCUT2D eigenvalue weighted by atomic mass is 10.2. The predicted molar refractivity (Wildman–Crippen MR) is 84.9 cm³/mol. The summed E-state index contributed by atoms with van der Waals surface area (Å²) in [6.07, 6.45) is 3.42. The Labute approximate surface area is 129 Å². The largest absolute Gasteiger partial charge is 0.377 e. The summed E-state index contributed by atoms with van der Waals surface area (Å²) in [7, 11) is 0. The lowest BCUT2D eigenvalue weighted by Gasteiger charge is -2.35. The molecule has 3 rings (SSSR count). The van der Waals surface area contributed by atoms with Crippen LogP contribution in [0.25, 0.3) is 0 Å². The Morgan fingerprint density at radius 1 is 1.41 bits per heavy atom. The van der Waals surface area contributed by atoms with Crippen molar-refractivity contribution in [3.05, 3.63) is 42.7 Å². The van der Waals surface area contributed by atoms with E-state index in [2.05, 4.69) is 22.2 Å². The molecule has 1 aromatic heterocycles. The molecule has 0 radical (unpaired) electrons. The number of carbonyl (C=O) groups is 1. The van der Waals surface area contributed by atoms with Crippen molar-refractivity contribution in [1.29, 1.82) is 0 Å². The highest BCUT2D eigenvalue weighted by molar-refractivity contribution is 5.90. The zero-order valence-electron chi connectivity index (χ0n) is 12.6. The van der Waals surface area contributed by atoms with Gasteiger partial charge in [0, 0.05) is 36.4 Å². The second-order valence-electron chi connectivity index (χ2n) is 5.42. The third kappa shape index (κ3) is 3.46. The first-order valence-corrected chi connectivity index (χ1v) is 7.44. The zero-order chi connectivity index (χ0) is 15.4. The van der Waals surface area contributed by atoms with Gasteiger partial charge in [-0.15, -0.1) is 0 Å². The van der Waals surface area contributed by atoms with Crippen molar-refractivity contribution in [1.82, 2.24) is 9.78 Å². The molecule has 1 unspecified atom stereocenters. The smallest absolute Gasteiger partial charge is 0.246 e. The van der Waals surface area contributed by atoms with Crippen LogP contribution in [-0.4, -0.2) is 41.5 Å². The highest BCUT2D eigenvalue weighted by Crippen LogP contribution is 2.21. The second kappa shape index (κ2) is 6.62. The molecule has 1 aromatic carbocycles. The Kier molecular flexibility index (Phi) is 4.39. The lowest BCUT2D eigenvalue weighted by molar-refractivity contribution is -0.116. The van der Waals surface area contributed by atoms with Crippen LogP contribution in [0.5, 0.6) is 0 Å². The van der Waals surface area contributed by atoms with Crippen molar-refractivity contribution < 1.29 is 9.53 Å². The van der Waals surface area contributed by atoms with Gasteiger partial charge in [-0.25, -0.2) is 0 Å². The number of hydrogen-bond donors (Lipinski definition) is 1. The molecule has 1 N–H and O–H groups in total. The predicted octanol–water partition coefficient (Wildman–Crippen LogP) is 1.75. The standard InChI is InChI=1S/C16H20N4O2/c1-13-12-22-10-9-20(13)15-5-3-14(4-6-15)18-16(21)11-19-8-2-7-17-19/h2-8,13H,9-12H2,1H3,(H,18,21). The molecule has 1 amide bonds. The number of hydrogen-bond acceptors (Lipinski definition) is 4. The van der Waals surface area contributed by atoms with E-state index in [0.29, 0.717) is 6.04 Å². The summed E-state index contributed by atoms with van der Waals surface area (Å²) < 4.78 is 7.05. The first-order chi connectivity index (χ1) is 10.7. The summed E-state index contributed by atoms with van der Waals surface area (Å²) in [5, 5.41) is 6.90. The summed E-state index contributed by atoms with van der Waals surface area (Å²) >= 11 is 0. The summed E-state index contributed by atoms with van der Waals surface area (Å²) in [6, 6.07) is 10.1. The highest BCUT2D eigenvalue weighted by atomic mass is 16.5. The number of aromatic nitrogens is 2. The Morgan fingerprint density at radius 3 is 2.91 bits per heavy atom. The lowest BCUT2D eigenvalue weighted by Crippen LogP contribution is -2.43. The maximum absolute atomic E-state index is 11.9. The monoisotopic (exact) mass is 300 g/mol. The van der Waals surface area contributed by atoms with Gasteiger partial charge in [0.25, 0.3) is 0 Å². The minimum Gasteiger partial charge on any atom is -0.377 e. The van der Waals surface area contributed by atoms with Crippen molar-refractivity contribution in [2.75, 3.05) is 30.0 Å². The van der Waals surface area contributed by atoms with E-state index in [1.165, 1.54) is 0 Å². The molecule has 1 fully saturated rings. The number of amides is 1. The van der Waals surface area contributed by atoms with E-state index in [0.717, 1.165) is 31.1 Å². The average Bonchev–Trinajstić information content (AvgIpc) is 3.01. The Morgan fingerprint density at radius 2 is 2.23 bits per heavy atom. The molecule has 22 heavy (non-hydrogen) atoms. The van der Waals surface area contributed by atoms with Crippen molar-refractivity contribution >= 4 is 17.3 Å². The van der Waals surface area contributed by atoms with E-state index in [1.807, 2.05) is 24.3 Å². The first-order valence-electron chi connectivity index (χ1n) is 7.44. The van der Waals surface area contributed by atoms with Crippen LogP contribution in [0.4, 0.5) is 11.4 Å². The number of benzene rings is 1. The Hall–Kier alpha value is -2.34. The van der Waals surface area contributed by atoms with Crippen molar-refractivity contribution in [3.63, 3.8) is 0 Å². The molecule has 1 saturated heterocycles. The van der Waals surface area contributed by atoms with Gasteiger partial charge in [0.2, 0.25) is 5.91 Å². The third-order valence-corrected chi connectivity index (χ3v) is 3.72. The van der Waals surface area contributed by atoms with Crippen LogP contribution in [0.2, 0.25) is 0 Å². The number of carbonyl (C=O) groups excluding carboxylic acids is 1. The van der Waals surface area contributed by atoms with Crippen LogP contribution in [-0.2, 0) is 16.1 Å². The maximum atomic E-state index is 11.9. The highest BCUT2D eigenvalue weighted by Gasteiger charge is 2.18. The summed E-state index contributed by atoms with van der Waals surface area (Å²) in [5.41, 5.74) is 1.95. The number of ether oxygens (including phenoxy) is 1. The van der Waals surface area contributed by atoms with Gasteiger partial charge in [-0.05, 0) is 37.3 Å². The molecule has 1 aliphatic rings. The minimum absolute atomic E-state index is 0.0869. The molecule has 2 heterocycles. The van der Waals surface area contributed by atoms with E-state index in [4.69, 9.17) is 4.74 Å². The van der Waals surface area contributed by atoms with E-state index < -0.39 is 0 Å². The van der Waals surface area contributed by atoms with Gasteiger partial charge in [0.05, 0.1) is 13.2 Å². The van der Waals surface area contributed by atoms with Gasteiger partial charge >= 0.3 is 0 Å². The second-order valence-corrected chi connectivity index (χ2v) is 5.42. The summed E-state index contributed by atoms with van der Waals surface area (Å²) in [5.74, 6) is -0.0869. The van der Waals surface area contributed by atoms with Gasteiger partial charge < -0.3 is 15.0 Å². The fraction of sp³-hybridized carbons (Fsp3) is 0.375. The summed E-state index contributed by atoms with van der Waals surface area (Å²) in [6.45, 7) is 4.77. The first kappa shape index (κ1) is 14.6. The molecule has 0 spiro atoms. The number of anilines is 2. The van der Waals surface area contributed by atoms with Crippen LogP contribution in [0.1, 0.15) is 6.92 Å². The third-order valence-electron chi connectivity index (χ3n) is 3.72. The molecule has 0 bridgehead atoms. The number of morpholine rings is 1. The van der Waals surface area contributed by atoms with Crippen LogP contribution in [0.15, 0.2) is 42.7 Å². The zero-order valence-corrected chi connectivity index (χ0v) is 12.6. The summed E-state index contributed by atoms with van der Waals surface area (Å²) in [4.78, 5) is 14.2. The molecule has 1 atom stereocenters. The number of nitrogens with one attached hydrogen (secondary N) is 1. The van der Waals surface area contributed by atoms with Gasteiger partial charge in [0.1, 0.15) is 6.54 Å². The average molecular weight is 300 g/mol. The SMILES string of the molecule is CC1COCCN1c1ccc(NC(=O)Cn2cccn2)cc1. The minimum atomic E-state index is -0.0869. The normalized spacial score (nSPS) is 18.2. The molecule has 0 aliphatic carbocycles. The Bertz CT molecular complexity index is 610. The van der Waals surface area contributed by atoms with Crippen LogP contribution in [0, 0.1) is 0 Å². The number of nitrogens with zero attached hydrogens (tertiary/aromatic N) is 3. The van der Waals surface area contributed by atoms with Gasteiger partial charge in [-0.1, -0.05) is 0 Å². The molecule has 6 heteroatoms. The van der Waals surface area contributed by atoms with Crippen molar-refractivity contribution in [2.24, 2.45) is 0 Å². The fourth-order valence-electron chi connectivity index (χ4n) is 2.59. The van der Waals surface area contributed by atoms with Crippen LogP contribution in [0.3, 0.4) is 0 Å². The van der Waals surface area contributed by atoms with E-state index >= 15 is 0 Å². The van der Waals surface area contributed by atoms with Gasteiger partial charge in [-0.2, -0.15) is 5.10 Å². The van der Waals surface area contributed by atoms with E-state index in [9.17, 15) is 4.79 Å². The van der Waals surface area contributed by atoms with Crippen LogP contribution >= 0.6 is 0 Å². The van der Waals surface area contributed by atoms with Crippen LogP contribution < -0.4 is 10.2 Å². The number of rotatable bonds is 4. The molecule has 6 nitrogen and oxygen atoms in total. The molecular weight excluding hydrogens is 280 g/mol. The maximum Gasteiger partial charge on any atom is 0.246 e. The fourth-order valence-corrected chi connectivity index (χ4v) is 2.59. The van der Waals surface area contributed by atoms with E-state index in [-0.39, 0.29) is 12.5 Å². The molecule has 116 valence electrons. The van der Waals surface area contributed by atoms with Crippen molar-refractivity contribution in [2.45, 2.75) is 19.5 Å². The molecule has 2 aromatic rings. The quantitative estimate of drug-likeness (QED) is 0.934. The molecular formula is C16H20N4O2. The van der Waals surface area contributed by atoms with Gasteiger partial charge in [0.15, 0.2) is 0 Å². The topological polar surface area (TPSA) is 59.4 Å². The Balaban J connectivity index is 1.60.